The molecule has 2 aromatic heterocycles. The van der Waals surface area contributed by atoms with E-state index in [0.29, 0.717) is 17.9 Å². The molecule has 0 atom stereocenters. The van der Waals surface area contributed by atoms with Crippen molar-refractivity contribution in [3.05, 3.63) is 63.8 Å². The number of amides is 1. The Labute approximate surface area is 164 Å². The molecule has 1 aromatic carbocycles. The van der Waals surface area contributed by atoms with Crippen LogP contribution in [0.25, 0.3) is 0 Å². The molecule has 0 radical (unpaired) electrons. The topological polar surface area (TPSA) is 82.2 Å². The molecule has 0 saturated heterocycles. The fraction of sp³-hybridized carbons (Fsp3) is 0.381. The Morgan fingerprint density at radius 1 is 1.25 bits per heavy atom. The third-order valence-corrected chi connectivity index (χ3v) is 5.07. The molecule has 0 saturated carbocycles. The van der Waals surface area contributed by atoms with Gasteiger partial charge in [-0.3, -0.25) is 9.48 Å². The summed E-state index contributed by atoms with van der Waals surface area (Å²) in [7, 11) is 0. The van der Waals surface area contributed by atoms with Crippen LogP contribution in [0.3, 0.4) is 0 Å². The number of hydrogen-bond acceptors (Lipinski definition) is 5. The van der Waals surface area contributed by atoms with E-state index >= 15 is 0 Å². The summed E-state index contributed by atoms with van der Waals surface area (Å²) in [6, 6.07) is 5.90. The Bertz CT molecular complexity index is 988. The number of rotatable bonds is 7. The summed E-state index contributed by atoms with van der Waals surface area (Å²) in [5.41, 5.74) is 5.15. The van der Waals surface area contributed by atoms with Gasteiger partial charge in [-0.25, -0.2) is 0 Å². The average Bonchev–Trinajstić information content (AvgIpc) is 3.23. The Morgan fingerprint density at radius 2 is 2.04 bits per heavy atom. The van der Waals surface area contributed by atoms with Crippen LogP contribution in [0.15, 0.2) is 28.9 Å². The molecular weight excluding hydrogens is 356 g/mol. The molecule has 1 amide bonds. The second-order valence-corrected chi connectivity index (χ2v) is 6.81. The Morgan fingerprint density at radius 3 is 2.75 bits per heavy atom. The normalized spacial score (nSPS) is 10.9. The predicted octanol–water partition coefficient (Wildman–Crippen LogP) is 3.63. The molecule has 0 fully saturated rings. The van der Waals surface area contributed by atoms with Crippen LogP contribution >= 0.6 is 0 Å². The van der Waals surface area contributed by atoms with E-state index < -0.39 is 0 Å². The number of nitrogens with zero attached hydrogens (tertiary/aromatic N) is 3. The summed E-state index contributed by atoms with van der Waals surface area (Å²) in [6.07, 6.45) is 1.78. The second-order valence-electron chi connectivity index (χ2n) is 6.81. The first-order valence-electron chi connectivity index (χ1n) is 9.36. The number of benzene rings is 1. The molecule has 3 rings (SSSR count). The zero-order chi connectivity index (χ0) is 20.3. The summed E-state index contributed by atoms with van der Waals surface area (Å²) < 4.78 is 13.1. The van der Waals surface area contributed by atoms with Gasteiger partial charge >= 0.3 is 0 Å². The number of carbonyl (C=O) groups is 1. The van der Waals surface area contributed by atoms with Crippen LogP contribution in [-0.2, 0) is 19.7 Å². The lowest BCUT2D eigenvalue weighted by molar-refractivity contribution is 0.0939. The molecule has 3 aromatic rings. The first-order chi connectivity index (χ1) is 13.4. The van der Waals surface area contributed by atoms with Gasteiger partial charge in [0, 0.05) is 24.3 Å². The van der Waals surface area contributed by atoms with E-state index in [-0.39, 0.29) is 18.2 Å². The largest absolute Gasteiger partial charge is 0.488 e. The Hall–Kier alpha value is -3.09. The molecule has 148 valence electrons. The number of aromatic nitrogens is 3. The van der Waals surface area contributed by atoms with Crippen molar-refractivity contribution in [2.24, 2.45) is 0 Å². The third kappa shape index (κ3) is 3.93. The fourth-order valence-electron chi connectivity index (χ4n) is 3.01. The summed E-state index contributed by atoms with van der Waals surface area (Å²) in [6.45, 7) is 11.2. The van der Waals surface area contributed by atoms with Gasteiger partial charge in [-0.05, 0) is 51.8 Å². The molecule has 0 aliphatic carbocycles. The lowest BCUT2D eigenvalue weighted by Crippen LogP contribution is -2.25. The van der Waals surface area contributed by atoms with Gasteiger partial charge in [0.1, 0.15) is 18.1 Å². The van der Waals surface area contributed by atoms with Crippen molar-refractivity contribution in [3.8, 4) is 5.75 Å². The second kappa shape index (κ2) is 8.29. The van der Waals surface area contributed by atoms with E-state index in [1.807, 2.05) is 50.6 Å². The predicted molar refractivity (Wildman–Crippen MR) is 105 cm³/mol. The lowest BCUT2D eigenvalue weighted by Gasteiger charge is -2.11. The van der Waals surface area contributed by atoms with Crippen molar-refractivity contribution in [2.75, 3.05) is 0 Å². The van der Waals surface area contributed by atoms with Crippen LogP contribution in [-0.4, -0.2) is 20.8 Å². The maximum Gasteiger partial charge on any atom is 0.274 e. The van der Waals surface area contributed by atoms with Crippen LogP contribution in [0.4, 0.5) is 0 Å². The SMILES string of the molecule is CCn1ncc(CNC(=O)c2noc(C)c2COc2cccc(C)c2C)c1C. The highest BCUT2D eigenvalue weighted by Gasteiger charge is 2.21. The van der Waals surface area contributed by atoms with E-state index in [2.05, 4.69) is 15.6 Å². The minimum absolute atomic E-state index is 0.217. The van der Waals surface area contributed by atoms with Gasteiger partial charge in [-0.1, -0.05) is 17.3 Å². The van der Waals surface area contributed by atoms with Gasteiger partial charge in [-0.2, -0.15) is 5.10 Å². The zero-order valence-corrected chi connectivity index (χ0v) is 17.0. The molecule has 7 heteroatoms. The maximum atomic E-state index is 12.7. The van der Waals surface area contributed by atoms with Gasteiger partial charge in [0.05, 0.1) is 11.8 Å². The number of carbonyl (C=O) groups excluding carboxylic acids is 1. The van der Waals surface area contributed by atoms with E-state index in [0.717, 1.165) is 34.7 Å². The van der Waals surface area contributed by atoms with Crippen molar-refractivity contribution < 1.29 is 14.1 Å². The van der Waals surface area contributed by atoms with Gasteiger partial charge in [0.25, 0.3) is 5.91 Å². The maximum absolute atomic E-state index is 12.7. The zero-order valence-electron chi connectivity index (χ0n) is 17.0. The minimum atomic E-state index is -0.292. The average molecular weight is 382 g/mol. The van der Waals surface area contributed by atoms with Crippen molar-refractivity contribution in [3.63, 3.8) is 0 Å². The third-order valence-electron chi connectivity index (χ3n) is 5.07. The molecule has 1 N–H and O–H groups in total. The van der Waals surface area contributed by atoms with Crippen molar-refractivity contribution >= 4 is 5.91 Å². The molecule has 28 heavy (non-hydrogen) atoms. The van der Waals surface area contributed by atoms with Gasteiger partial charge in [0.2, 0.25) is 0 Å². The van der Waals surface area contributed by atoms with E-state index in [4.69, 9.17) is 9.26 Å². The molecule has 0 aliphatic rings. The number of nitrogens with one attached hydrogen (secondary N) is 1. The Balaban J connectivity index is 1.70. The van der Waals surface area contributed by atoms with Crippen molar-refractivity contribution in [1.29, 1.82) is 0 Å². The highest BCUT2D eigenvalue weighted by Crippen LogP contribution is 2.23. The van der Waals surface area contributed by atoms with Crippen molar-refractivity contribution in [2.45, 2.75) is 54.3 Å². The molecule has 7 nitrogen and oxygen atoms in total. The van der Waals surface area contributed by atoms with E-state index in [1.54, 1.807) is 13.1 Å². The highest BCUT2D eigenvalue weighted by molar-refractivity contribution is 5.93. The summed E-state index contributed by atoms with van der Waals surface area (Å²) in [5, 5.41) is 11.1. The van der Waals surface area contributed by atoms with Gasteiger partial charge < -0.3 is 14.6 Å². The van der Waals surface area contributed by atoms with Crippen LogP contribution in [0.1, 0.15) is 51.1 Å². The van der Waals surface area contributed by atoms with E-state index in [9.17, 15) is 4.79 Å². The number of hydrogen-bond donors (Lipinski definition) is 1. The quantitative estimate of drug-likeness (QED) is 0.675. The molecule has 0 spiro atoms. The Kier molecular flexibility index (Phi) is 5.82. The van der Waals surface area contributed by atoms with Gasteiger partial charge in [-0.15, -0.1) is 0 Å². The first-order valence-corrected chi connectivity index (χ1v) is 9.36. The standard InChI is InChI=1S/C21H26N4O3/c1-6-25-15(4)17(11-23-25)10-22-21(26)20-18(16(5)28-24-20)12-27-19-9-7-8-13(2)14(19)3/h7-9,11H,6,10,12H2,1-5H3,(H,22,26). The highest BCUT2D eigenvalue weighted by atomic mass is 16.5. The summed E-state index contributed by atoms with van der Waals surface area (Å²) >= 11 is 0. The summed E-state index contributed by atoms with van der Waals surface area (Å²) in [4.78, 5) is 12.7. The van der Waals surface area contributed by atoms with Crippen LogP contribution < -0.4 is 10.1 Å². The smallest absolute Gasteiger partial charge is 0.274 e. The van der Waals surface area contributed by atoms with Crippen LogP contribution in [0, 0.1) is 27.7 Å². The monoisotopic (exact) mass is 382 g/mol. The molecule has 0 bridgehead atoms. The lowest BCUT2D eigenvalue weighted by atomic mass is 10.1. The summed E-state index contributed by atoms with van der Waals surface area (Å²) in [5.74, 6) is 1.07. The fourth-order valence-corrected chi connectivity index (χ4v) is 3.01. The molecule has 2 heterocycles. The molecular formula is C21H26N4O3. The van der Waals surface area contributed by atoms with Crippen LogP contribution in [0.2, 0.25) is 0 Å². The van der Waals surface area contributed by atoms with Crippen molar-refractivity contribution in [1.82, 2.24) is 20.3 Å². The number of aryl methyl sites for hydroxylation is 3. The molecule has 0 aliphatic heterocycles. The van der Waals surface area contributed by atoms with Crippen LogP contribution in [0.5, 0.6) is 5.75 Å². The van der Waals surface area contributed by atoms with E-state index in [1.165, 1.54) is 0 Å². The number of ether oxygens (including phenoxy) is 1. The molecule has 0 unspecified atom stereocenters. The minimum Gasteiger partial charge on any atom is -0.488 e. The first kappa shape index (κ1) is 19.7. The van der Waals surface area contributed by atoms with Gasteiger partial charge in [0.15, 0.2) is 5.69 Å².